The van der Waals surface area contributed by atoms with Gasteiger partial charge in [0, 0.05) is 11.4 Å². The van der Waals surface area contributed by atoms with E-state index in [0.29, 0.717) is 11.5 Å². The number of rotatable bonds is 3. The summed E-state index contributed by atoms with van der Waals surface area (Å²) >= 11 is 1.43. The number of carbonyl (C=O) groups is 1. The lowest BCUT2D eigenvalue weighted by Crippen LogP contribution is -2.42. The Kier molecular flexibility index (Phi) is 5.39. The summed E-state index contributed by atoms with van der Waals surface area (Å²) in [7, 11) is 0. The zero-order valence-corrected chi connectivity index (χ0v) is 13.4. The zero-order chi connectivity index (χ0) is 13.9. The van der Waals surface area contributed by atoms with Gasteiger partial charge in [0.25, 0.3) is 5.91 Å². The number of nitrogens with zero attached hydrogens (tertiary/aromatic N) is 1. The van der Waals surface area contributed by atoms with Crippen molar-refractivity contribution in [2.75, 3.05) is 13.1 Å². The molecule has 0 atom stereocenters. The second kappa shape index (κ2) is 7.06. The highest BCUT2D eigenvalue weighted by atomic mass is 35.5. The van der Waals surface area contributed by atoms with Gasteiger partial charge in [-0.25, -0.2) is 4.98 Å². The highest BCUT2D eigenvalue weighted by molar-refractivity contribution is 7.13. The van der Waals surface area contributed by atoms with Gasteiger partial charge in [-0.1, -0.05) is 0 Å². The molecular formula is C14H18ClN3O2S. The summed E-state index contributed by atoms with van der Waals surface area (Å²) in [5.74, 6) is 1.46. The molecule has 114 valence electrons. The number of nitrogens with one attached hydrogen (secondary N) is 2. The third-order valence-electron chi connectivity index (χ3n) is 3.36. The topological polar surface area (TPSA) is 67.2 Å². The van der Waals surface area contributed by atoms with E-state index < -0.39 is 0 Å². The maximum atomic E-state index is 12.1. The van der Waals surface area contributed by atoms with Crippen molar-refractivity contribution < 1.29 is 9.21 Å². The maximum absolute atomic E-state index is 12.1. The SMILES string of the molecule is Cc1ccc(-c2nc(C(=O)NC3CCNCC3)cs2)o1.Cl. The number of furan rings is 1. The quantitative estimate of drug-likeness (QED) is 0.909. The lowest BCUT2D eigenvalue weighted by atomic mass is 10.1. The minimum Gasteiger partial charge on any atom is -0.459 e. The fraction of sp³-hybridized carbons (Fsp3) is 0.429. The third kappa shape index (κ3) is 3.84. The number of carbonyl (C=O) groups excluding carboxylic acids is 1. The monoisotopic (exact) mass is 327 g/mol. The lowest BCUT2D eigenvalue weighted by molar-refractivity contribution is 0.0925. The Morgan fingerprint density at radius 2 is 2.19 bits per heavy atom. The number of thiazole rings is 1. The molecule has 21 heavy (non-hydrogen) atoms. The average Bonchev–Trinajstić information content (AvgIpc) is 3.08. The molecule has 0 aliphatic carbocycles. The largest absolute Gasteiger partial charge is 0.459 e. The van der Waals surface area contributed by atoms with E-state index in [-0.39, 0.29) is 24.4 Å². The molecule has 1 saturated heterocycles. The molecule has 0 bridgehead atoms. The van der Waals surface area contributed by atoms with E-state index in [1.165, 1.54) is 11.3 Å². The fourth-order valence-corrected chi connectivity index (χ4v) is 3.03. The predicted molar refractivity (Wildman–Crippen MR) is 85.2 cm³/mol. The van der Waals surface area contributed by atoms with E-state index >= 15 is 0 Å². The van der Waals surface area contributed by atoms with Crippen LogP contribution in [0.4, 0.5) is 0 Å². The van der Waals surface area contributed by atoms with Gasteiger partial charge in [0.15, 0.2) is 10.8 Å². The Morgan fingerprint density at radius 3 is 2.86 bits per heavy atom. The van der Waals surface area contributed by atoms with Crippen LogP contribution in [-0.2, 0) is 0 Å². The first-order chi connectivity index (χ1) is 9.72. The molecule has 1 amide bonds. The van der Waals surface area contributed by atoms with E-state index in [1.807, 2.05) is 19.1 Å². The van der Waals surface area contributed by atoms with Crippen molar-refractivity contribution in [2.45, 2.75) is 25.8 Å². The molecule has 0 aromatic carbocycles. The van der Waals surface area contributed by atoms with Crippen LogP contribution in [0, 0.1) is 6.92 Å². The Morgan fingerprint density at radius 1 is 1.43 bits per heavy atom. The van der Waals surface area contributed by atoms with Gasteiger partial charge in [-0.3, -0.25) is 4.79 Å². The Labute approximate surface area is 133 Å². The highest BCUT2D eigenvalue weighted by Gasteiger charge is 2.19. The van der Waals surface area contributed by atoms with Gasteiger partial charge in [0.2, 0.25) is 0 Å². The molecule has 3 heterocycles. The van der Waals surface area contributed by atoms with Crippen LogP contribution in [0.15, 0.2) is 21.9 Å². The minimum absolute atomic E-state index is 0. The van der Waals surface area contributed by atoms with Gasteiger partial charge >= 0.3 is 0 Å². The van der Waals surface area contributed by atoms with Crippen molar-refractivity contribution in [2.24, 2.45) is 0 Å². The predicted octanol–water partition coefficient (Wildman–Crippen LogP) is 2.62. The Balaban J connectivity index is 0.00000161. The van der Waals surface area contributed by atoms with Crippen molar-refractivity contribution in [3.05, 3.63) is 29.0 Å². The normalized spacial score (nSPS) is 15.5. The summed E-state index contributed by atoms with van der Waals surface area (Å²) in [4.78, 5) is 16.5. The molecule has 2 N–H and O–H groups in total. The van der Waals surface area contributed by atoms with Crippen LogP contribution in [0.1, 0.15) is 29.1 Å². The number of aryl methyl sites for hydroxylation is 1. The number of aromatic nitrogens is 1. The second-order valence-electron chi connectivity index (χ2n) is 4.95. The van der Waals surface area contributed by atoms with Crippen LogP contribution < -0.4 is 10.6 Å². The van der Waals surface area contributed by atoms with Gasteiger partial charge in [-0.15, -0.1) is 23.7 Å². The third-order valence-corrected chi connectivity index (χ3v) is 4.22. The molecule has 1 fully saturated rings. The molecule has 1 aliphatic heterocycles. The van der Waals surface area contributed by atoms with Crippen molar-refractivity contribution in [3.63, 3.8) is 0 Å². The molecule has 3 rings (SSSR count). The molecule has 2 aromatic heterocycles. The average molecular weight is 328 g/mol. The first kappa shape index (κ1) is 16.0. The Hall–Kier alpha value is -1.37. The number of hydrogen-bond donors (Lipinski definition) is 2. The van der Waals surface area contributed by atoms with Crippen LogP contribution in [0.5, 0.6) is 0 Å². The summed E-state index contributed by atoms with van der Waals surface area (Å²) in [5, 5.41) is 8.84. The molecule has 7 heteroatoms. The first-order valence-corrected chi connectivity index (χ1v) is 7.64. The van der Waals surface area contributed by atoms with E-state index in [4.69, 9.17) is 4.42 Å². The fourth-order valence-electron chi connectivity index (χ4n) is 2.27. The van der Waals surface area contributed by atoms with E-state index in [2.05, 4.69) is 15.6 Å². The molecule has 0 radical (unpaired) electrons. The summed E-state index contributed by atoms with van der Waals surface area (Å²) in [6.07, 6.45) is 1.94. The van der Waals surface area contributed by atoms with Crippen molar-refractivity contribution >= 4 is 29.7 Å². The van der Waals surface area contributed by atoms with Gasteiger partial charge in [0.05, 0.1) is 0 Å². The Bertz CT molecular complexity index is 605. The van der Waals surface area contributed by atoms with E-state index in [9.17, 15) is 4.79 Å². The van der Waals surface area contributed by atoms with Crippen molar-refractivity contribution in [1.29, 1.82) is 0 Å². The molecule has 1 aliphatic rings. The number of amides is 1. The minimum atomic E-state index is -0.0947. The summed E-state index contributed by atoms with van der Waals surface area (Å²) in [6, 6.07) is 4.02. The zero-order valence-electron chi connectivity index (χ0n) is 11.7. The maximum Gasteiger partial charge on any atom is 0.270 e. The molecule has 0 spiro atoms. The summed E-state index contributed by atoms with van der Waals surface area (Å²) in [6.45, 7) is 3.81. The first-order valence-electron chi connectivity index (χ1n) is 6.76. The number of hydrogen-bond acceptors (Lipinski definition) is 5. The van der Waals surface area contributed by atoms with Gasteiger partial charge < -0.3 is 15.1 Å². The molecule has 0 saturated carbocycles. The van der Waals surface area contributed by atoms with Crippen LogP contribution in [0.3, 0.4) is 0 Å². The number of piperidine rings is 1. The van der Waals surface area contributed by atoms with E-state index in [1.54, 1.807) is 5.38 Å². The number of halogens is 1. The summed E-state index contributed by atoms with van der Waals surface area (Å²) < 4.78 is 5.52. The second-order valence-corrected chi connectivity index (χ2v) is 5.80. The molecule has 5 nitrogen and oxygen atoms in total. The van der Waals surface area contributed by atoms with Crippen molar-refractivity contribution in [1.82, 2.24) is 15.6 Å². The molecule has 2 aromatic rings. The van der Waals surface area contributed by atoms with Crippen LogP contribution in [-0.4, -0.2) is 30.0 Å². The van der Waals surface area contributed by atoms with E-state index in [0.717, 1.165) is 36.7 Å². The summed E-state index contributed by atoms with van der Waals surface area (Å²) in [5.41, 5.74) is 0.470. The van der Waals surface area contributed by atoms with Gasteiger partial charge in [0.1, 0.15) is 11.5 Å². The van der Waals surface area contributed by atoms with Gasteiger partial charge in [-0.2, -0.15) is 0 Å². The highest BCUT2D eigenvalue weighted by Crippen LogP contribution is 2.25. The lowest BCUT2D eigenvalue weighted by Gasteiger charge is -2.23. The van der Waals surface area contributed by atoms with Gasteiger partial charge in [-0.05, 0) is 45.0 Å². The standard InChI is InChI=1S/C14H17N3O2S.ClH/c1-9-2-3-12(19-9)14-17-11(8-20-14)13(18)16-10-4-6-15-7-5-10;/h2-3,8,10,15H,4-7H2,1H3,(H,16,18);1H. The molecular weight excluding hydrogens is 310 g/mol. The van der Waals surface area contributed by atoms with Crippen LogP contribution >= 0.6 is 23.7 Å². The van der Waals surface area contributed by atoms with Crippen LogP contribution in [0.2, 0.25) is 0 Å². The van der Waals surface area contributed by atoms with Crippen LogP contribution in [0.25, 0.3) is 10.8 Å². The van der Waals surface area contributed by atoms with Crippen molar-refractivity contribution in [3.8, 4) is 10.8 Å². The molecule has 0 unspecified atom stereocenters. The smallest absolute Gasteiger partial charge is 0.270 e.